The van der Waals surface area contributed by atoms with Gasteiger partial charge in [-0.15, -0.1) is 11.3 Å². The molecule has 2 aromatic rings. The van der Waals surface area contributed by atoms with Crippen LogP contribution in [0.5, 0.6) is 0 Å². The number of hydrogen-bond acceptors (Lipinski definition) is 5. The van der Waals surface area contributed by atoms with Crippen LogP contribution in [0.25, 0.3) is 0 Å². The van der Waals surface area contributed by atoms with Crippen molar-refractivity contribution in [2.75, 3.05) is 5.43 Å². The molecule has 0 fully saturated rings. The Morgan fingerprint density at radius 3 is 2.48 bits per heavy atom. The van der Waals surface area contributed by atoms with E-state index in [1.807, 2.05) is 26.0 Å². The number of aryl methyl sites for hydroxylation is 4. The Morgan fingerprint density at radius 2 is 1.74 bits per heavy atom. The molecule has 1 amide bonds. The summed E-state index contributed by atoms with van der Waals surface area (Å²) in [5.41, 5.74) is 8.61. The van der Waals surface area contributed by atoms with E-state index in [0.717, 1.165) is 29.1 Å². The molecule has 1 aliphatic rings. The van der Waals surface area contributed by atoms with E-state index in [9.17, 15) is 4.79 Å². The number of nitrogens with one attached hydrogen (secondary N) is 2. The van der Waals surface area contributed by atoms with Crippen molar-refractivity contribution in [3.63, 3.8) is 0 Å². The summed E-state index contributed by atoms with van der Waals surface area (Å²) in [6.45, 7) is 3.81. The van der Waals surface area contributed by atoms with Gasteiger partial charge >= 0.3 is 0 Å². The van der Waals surface area contributed by atoms with Gasteiger partial charge in [-0.25, -0.2) is 9.97 Å². The van der Waals surface area contributed by atoms with E-state index in [2.05, 4.69) is 20.8 Å². The number of nitrogens with zero attached hydrogens (tertiary/aromatic N) is 2. The third-order valence-corrected chi connectivity index (χ3v) is 5.23. The van der Waals surface area contributed by atoms with E-state index >= 15 is 0 Å². The smallest absolute Gasteiger partial charge is 0.266 e. The highest BCUT2D eigenvalue weighted by atomic mass is 32.1. The van der Waals surface area contributed by atoms with Crippen LogP contribution in [0.1, 0.15) is 57.2 Å². The Labute approximate surface area is 140 Å². The lowest BCUT2D eigenvalue weighted by Gasteiger charge is -2.07. The first-order valence-electron chi connectivity index (χ1n) is 8.12. The molecule has 122 valence electrons. The number of thiophene rings is 1. The van der Waals surface area contributed by atoms with Gasteiger partial charge in [0, 0.05) is 16.3 Å². The Balaban J connectivity index is 1.67. The van der Waals surface area contributed by atoms with Gasteiger partial charge in [-0.05, 0) is 57.2 Å². The minimum atomic E-state index is -0.121. The van der Waals surface area contributed by atoms with Crippen LogP contribution in [0.15, 0.2) is 12.1 Å². The fourth-order valence-corrected chi connectivity index (χ4v) is 4.06. The van der Waals surface area contributed by atoms with Crippen molar-refractivity contribution in [2.24, 2.45) is 0 Å². The van der Waals surface area contributed by atoms with Crippen molar-refractivity contribution in [3.8, 4) is 0 Å². The van der Waals surface area contributed by atoms with E-state index in [1.165, 1.54) is 36.1 Å². The van der Waals surface area contributed by atoms with Crippen LogP contribution >= 0.6 is 11.3 Å². The van der Waals surface area contributed by atoms with Crippen LogP contribution in [0.2, 0.25) is 0 Å². The molecule has 2 N–H and O–H groups in total. The molecule has 0 spiro atoms. The lowest BCUT2D eigenvalue weighted by Crippen LogP contribution is -2.29. The molecule has 0 bridgehead atoms. The number of carbonyl (C=O) groups excluding carboxylic acids is 1. The number of anilines is 1. The van der Waals surface area contributed by atoms with E-state index in [4.69, 9.17) is 0 Å². The maximum Gasteiger partial charge on any atom is 0.279 e. The van der Waals surface area contributed by atoms with Gasteiger partial charge in [0.05, 0.1) is 4.88 Å². The Bertz CT molecular complexity index is 665. The molecule has 0 aromatic carbocycles. The minimum absolute atomic E-state index is 0.121. The zero-order valence-electron chi connectivity index (χ0n) is 13.6. The Morgan fingerprint density at radius 1 is 1.04 bits per heavy atom. The first-order chi connectivity index (χ1) is 11.1. The molecule has 0 saturated heterocycles. The van der Waals surface area contributed by atoms with Gasteiger partial charge in [0.2, 0.25) is 5.95 Å². The van der Waals surface area contributed by atoms with Crippen LogP contribution in [-0.2, 0) is 12.8 Å². The Kier molecular flexibility index (Phi) is 4.91. The molecule has 0 atom stereocenters. The maximum atomic E-state index is 12.4. The second-order valence-electron chi connectivity index (χ2n) is 6.03. The predicted octanol–water partition coefficient (Wildman–Crippen LogP) is 3.57. The topological polar surface area (TPSA) is 66.9 Å². The minimum Gasteiger partial charge on any atom is -0.266 e. The number of aromatic nitrogens is 2. The molecular formula is C17H22N4OS. The molecule has 3 rings (SSSR count). The van der Waals surface area contributed by atoms with E-state index in [1.54, 1.807) is 11.3 Å². The molecule has 0 saturated carbocycles. The second kappa shape index (κ2) is 7.08. The normalized spacial score (nSPS) is 14.5. The standard InChI is InChI=1S/C17H22N4OS/c1-11-9-12(2)19-17(18-11)21-20-16(22)15-10-13-7-5-3-4-6-8-14(13)23-15/h9-10H,3-8H2,1-2H3,(H,20,22)(H,18,19,21). The Hall–Kier alpha value is -1.95. The lowest BCUT2D eigenvalue weighted by atomic mass is 10.00. The monoisotopic (exact) mass is 330 g/mol. The molecule has 6 heteroatoms. The van der Waals surface area contributed by atoms with Gasteiger partial charge in [-0.1, -0.05) is 12.8 Å². The largest absolute Gasteiger partial charge is 0.279 e. The van der Waals surface area contributed by atoms with Crippen LogP contribution in [-0.4, -0.2) is 15.9 Å². The van der Waals surface area contributed by atoms with Crippen molar-refractivity contribution < 1.29 is 4.79 Å². The molecular weight excluding hydrogens is 308 g/mol. The fourth-order valence-electron chi connectivity index (χ4n) is 2.91. The molecule has 2 aromatic heterocycles. The molecule has 5 nitrogen and oxygen atoms in total. The second-order valence-corrected chi connectivity index (χ2v) is 7.16. The average molecular weight is 330 g/mol. The van der Waals surface area contributed by atoms with Crippen molar-refractivity contribution in [3.05, 3.63) is 38.8 Å². The summed E-state index contributed by atoms with van der Waals surface area (Å²) >= 11 is 1.61. The van der Waals surface area contributed by atoms with Gasteiger partial charge in [0.15, 0.2) is 0 Å². The van der Waals surface area contributed by atoms with Crippen LogP contribution in [0, 0.1) is 13.8 Å². The highest BCUT2D eigenvalue weighted by Gasteiger charge is 2.16. The van der Waals surface area contributed by atoms with Gasteiger partial charge in [-0.2, -0.15) is 0 Å². The zero-order valence-corrected chi connectivity index (χ0v) is 14.4. The average Bonchev–Trinajstić information content (AvgIpc) is 2.86. The molecule has 0 unspecified atom stereocenters. The summed E-state index contributed by atoms with van der Waals surface area (Å²) in [4.78, 5) is 23.0. The summed E-state index contributed by atoms with van der Waals surface area (Å²) in [6, 6.07) is 3.94. The number of amides is 1. The molecule has 0 radical (unpaired) electrons. The van der Waals surface area contributed by atoms with Gasteiger partial charge in [0.1, 0.15) is 0 Å². The van der Waals surface area contributed by atoms with Gasteiger partial charge in [0.25, 0.3) is 5.91 Å². The molecule has 1 aliphatic carbocycles. The summed E-state index contributed by atoms with van der Waals surface area (Å²) in [7, 11) is 0. The summed E-state index contributed by atoms with van der Waals surface area (Å²) in [5, 5.41) is 0. The third-order valence-electron chi connectivity index (χ3n) is 3.99. The zero-order chi connectivity index (χ0) is 16.2. The molecule has 23 heavy (non-hydrogen) atoms. The summed E-state index contributed by atoms with van der Waals surface area (Å²) in [6.07, 6.45) is 7.23. The van der Waals surface area contributed by atoms with Crippen molar-refractivity contribution in [1.82, 2.24) is 15.4 Å². The number of hydrogen-bond donors (Lipinski definition) is 2. The van der Waals surface area contributed by atoms with Crippen molar-refractivity contribution in [2.45, 2.75) is 52.4 Å². The lowest BCUT2D eigenvalue weighted by molar-refractivity contribution is 0.0966. The number of carbonyl (C=O) groups is 1. The molecule has 0 aliphatic heterocycles. The third kappa shape index (κ3) is 4.07. The van der Waals surface area contributed by atoms with Crippen LogP contribution < -0.4 is 10.9 Å². The maximum absolute atomic E-state index is 12.4. The van der Waals surface area contributed by atoms with E-state index < -0.39 is 0 Å². The van der Waals surface area contributed by atoms with Crippen LogP contribution in [0.3, 0.4) is 0 Å². The number of hydrazine groups is 1. The highest BCUT2D eigenvalue weighted by molar-refractivity contribution is 7.14. The van der Waals surface area contributed by atoms with Crippen molar-refractivity contribution in [1.29, 1.82) is 0 Å². The molecule has 2 heterocycles. The highest BCUT2D eigenvalue weighted by Crippen LogP contribution is 2.28. The van der Waals surface area contributed by atoms with Gasteiger partial charge in [-0.3, -0.25) is 15.6 Å². The quantitative estimate of drug-likeness (QED) is 0.844. The van der Waals surface area contributed by atoms with Gasteiger partial charge < -0.3 is 0 Å². The summed E-state index contributed by atoms with van der Waals surface area (Å²) < 4.78 is 0. The van der Waals surface area contributed by atoms with E-state index in [-0.39, 0.29) is 5.91 Å². The first kappa shape index (κ1) is 15.9. The number of fused-ring (bicyclic) bond motifs is 1. The first-order valence-corrected chi connectivity index (χ1v) is 8.94. The SMILES string of the molecule is Cc1cc(C)nc(NNC(=O)c2cc3c(s2)CCCCCC3)n1. The summed E-state index contributed by atoms with van der Waals surface area (Å²) in [5.74, 6) is 0.301. The van der Waals surface area contributed by atoms with Crippen LogP contribution in [0.4, 0.5) is 5.95 Å². The number of rotatable bonds is 3. The predicted molar refractivity (Wildman–Crippen MR) is 92.8 cm³/mol. The fraction of sp³-hybridized carbons (Fsp3) is 0.471. The van der Waals surface area contributed by atoms with E-state index in [0.29, 0.717) is 5.95 Å². The van der Waals surface area contributed by atoms with Crippen molar-refractivity contribution >= 4 is 23.2 Å².